The maximum absolute atomic E-state index is 4.17. The summed E-state index contributed by atoms with van der Waals surface area (Å²) >= 11 is 0. The molecule has 6 heteroatoms. The largest absolute Gasteiger partial charge is 0.359 e. The Balaban J connectivity index is 0.00000225. The SMILES string of the molecule is CN=C(NC)NCC(C)Cn1cccn1.I. The second kappa shape index (κ2) is 8.37. The molecule has 1 heterocycles. The minimum Gasteiger partial charge on any atom is -0.359 e. The van der Waals surface area contributed by atoms with Gasteiger partial charge in [0, 0.05) is 39.6 Å². The molecule has 1 aromatic heterocycles. The lowest BCUT2D eigenvalue weighted by Gasteiger charge is -2.14. The van der Waals surface area contributed by atoms with Gasteiger partial charge in [-0.25, -0.2) is 0 Å². The first kappa shape index (κ1) is 15.2. The number of aromatic nitrogens is 2. The van der Waals surface area contributed by atoms with Crippen LogP contribution in [0.4, 0.5) is 0 Å². The molecule has 1 atom stereocenters. The molecular weight excluding hydrogens is 317 g/mol. The van der Waals surface area contributed by atoms with Gasteiger partial charge in [0.2, 0.25) is 0 Å². The molecule has 16 heavy (non-hydrogen) atoms. The van der Waals surface area contributed by atoms with Crippen LogP contribution in [0, 0.1) is 5.92 Å². The summed E-state index contributed by atoms with van der Waals surface area (Å²) in [6.07, 6.45) is 3.77. The van der Waals surface area contributed by atoms with Crippen molar-refractivity contribution in [3.05, 3.63) is 18.5 Å². The van der Waals surface area contributed by atoms with Crippen LogP contribution in [0.3, 0.4) is 0 Å². The Morgan fingerprint density at radius 3 is 2.81 bits per heavy atom. The zero-order valence-electron chi connectivity index (χ0n) is 9.97. The van der Waals surface area contributed by atoms with E-state index in [4.69, 9.17) is 0 Å². The highest BCUT2D eigenvalue weighted by atomic mass is 127. The smallest absolute Gasteiger partial charge is 0.190 e. The van der Waals surface area contributed by atoms with Crippen molar-refractivity contribution in [2.75, 3.05) is 20.6 Å². The van der Waals surface area contributed by atoms with Crippen molar-refractivity contribution < 1.29 is 0 Å². The highest BCUT2D eigenvalue weighted by Gasteiger charge is 2.03. The molecule has 1 unspecified atom stereocenters. The maximum Gasteiger partial charge on any atom is 0.190 e. The van der Waals surface area contributed by atoms with Crippen molar-refractivity contribution >= 4 is 29.9 Å². The molecule has 0 spiro atoms. The average Bonchev–Trinajstić information content (AvgIpc) is 2.72. The summed E-state index contributed by atoms with van der Waals surface area (Å²) in [6, 6.07) is 1.94. The Bertz CT molecular complexity index is 296. The molecule has 2 N–H and O–H groups in total. The number of hydrogen-bond acceptors (Lipinski definition) is 2. The number of aliphatic imine (C=N–C) groups is 1. The first-order valence-electron chi connectivity index (χ1n) is 5.12. The molecule has 0 aromatic carbocycles. The quantitative estimate of drug-likeness (QED) is 0.488. The van der Waals surface area contributed by atoms with E-state index < -0.39 is 0 Å². The van der Waals surface area contributed by atoms with Gasteiger partial charge in [-0.1, -0.05) is 6.92 Å². The topological polar surface area (TPSA) is 54.2 Å². The van der Waals surface area contributed by atoms with E-state index in [-0.39, 0.29) is 24.0 Å². The predicted molar refractivity (Wildman–Crippen MR) is 77.2 cm³/mol. The van der Waals surface area contributed by atoms with Crippen LogP contribution in [-0.4, -0.2) is 36.4 Å². The van der Waals surface area contributed by atoms with Crippen molar-refractivity contribution in [2.45, 2.75) is 13.5 Å². The summed E-state index contributed by atoms with van der Waals surface area (Å²) in [6.45, 7) is 3.98. The normalized spacial score (nSPS) is 12.8. The minimum absolute atomic E-state index is 0. The van der Waals surface area contributed by atoms with E-state index in [1.54, 1.807) is 13.2 Å². The van der Waals surface area contributed by atoms with Crippen LogP contribution < -0.4 is 10.6 Å². The third kappa shape index (κ3) is 5.34. The number of nitrogens with zero attached hydrogens (tertiary/aromatic N) is 3. The fourth-order valence-corrected chi connectivity index (χ4v) is 1.34. The van der Waals surface area contributed by atoms with Gasteiger partial charge in [-0.2, -0.15) is 5.10 Å². The zero-order valence-corrected chi connectivity index (χ0v) is 12.3. The van der Waals surface area contributed by atoms with Crippen molar-refractivity contribution in [2.24, 2.45) is 10.9 Å². The highest BCUT2D eigenvalue weighted by Crippen LogP contribution is 1.97. The van der Waals surface area contributed by atoms with Crippen molar-refractivity contribution in [1.29, 1.82) is 0 Å². The molecule has 0 aliphatic rings. The van der Waals surface area contributed by atoms with Gasteiger partial charge >= 0.3 is 0 Å². The van der Waals surface area contributed by atoms with E-state index in [2.05, 4.69) is 27.6 Å². The van der Waals surface area contributed by atoms with Gasteiger partial charge in [-0.15, -0.1) is 24.0 Å². The van der Waals surface area contributed by atoms with Crippen LogP contribution in [0.5, 0.6) is 0 Å². The molecular formula is C10H20IN5. The van der Waals surface area contributed by atoms with Crippen LogP contribution in [0.25, 0.3) is 0 Å². The van der Waals surface area contributed by atoms with Gasteiger partial charge in [-0.3, -0.25) is 9.67 Å². The molecule has 1 rings (SSSR count). The Labute approximate surface area is 114 Å². The van der Waals surface area contributed by atoms with Crippen LogP contribution >= 0.6 is 24.0 Å². The number of nitrogens with one attached hydrogen (secondary N) is 2. The lowest BCUT2D eigenvalue weighted by Crippen LogP contribution is -2.37. The van der Waals surface area contributed by atoms with E-state index in [9.17, 15) is 0 Å². The Hall–Kier alpha value is -0.790. The van der Waals surface area contributed by atoms with Crippen molar-refractivity contribution in [3.8, 4) is 0 Å². The average molecular weight is 337 g/mol. The summed E-state index contributed by atoms with van der Waals surface area (Å²) in [7, 11) is 3.62. The summed E-state index contributed by atoms with van der Waals surface area (Å²) < 4.78 is 1.94. The summed E-state index contributed by atoms with van der Waals surface area (Å²) in [5.74, 6) is 1.33. The first-order chi connectivity index (χ1) is 7.26. The van der Waals surface area contributed by atoms with Gasteiger partial charge in [0.1, 0.15) is 0 Å². The third-order valence-electron chi connectivity index (χ3n) is 2.14. The lowest BCUT2D eigenvalue weighted by molar-refractivity contribution is 0.444. The van der Waals surface area contributed by atoms with Crippen molar-refractivity contribution in [1.82, 2.24) is 20.4 Å². The molecule has 1 aromatic rings. The Morgan fingerprint density at radius 1 is 1.56 bits per heavy atom. The Kier molecular flexibility index (Phi) is 7.96. The second-order valence-corrected chi connectivity index (χ2v) is 3.54. The number of guanidine groups is 1. The summed E-state index contributed by atoms with van der Waals surface area (Å²) in [5.41, 5.74) is 0. The molecule has 0 aliphatic carbocycles. The minimum atomic E-state index is 0. The van der Waals surface area contributed by atoms with Crippen LogP contribution in [-0.2, 0) is 6.54 Å². The molecule has 0 amide bonds. The summed E-state index contributed by atoms with van der Waals surface area (Å²) in [4.78, 5) is 4.05. The van der Waals surface area contributed by atoms with Crippen molar-refractivity contribution in [3.63, 3.8) is 0 Å². The predicted octanol–water partition coefficient (Wildman–Crippen LogP) is 0.932. The number of hydrogen-bond donors (Lipinski definition) is 2. The maximum atomic E-state index is 4.17. The van der Waals surface area contributed by atoms with E-state index in [0.717, 1.165) is 19.0 Å². The second-order valence-electron chi connectivity index (χ2n) is 3.54. The first-order valence-corrected chi connectivity index (χ1v) is 5.12. The van der Waals surface area contributed by atoms with Gasteiger partial charge in [0.15, 0.2) is 5.96 Å². The fraction of sp³-hybridized carbons (Fsp3) is 0.600. The van der Waals surface area contributed by atoms with Gasteiger partial charge in [0.25, 0.3) is 0 Å². The lowest BCUT2D eigenvalue weighted by atomic mass is 10.2. The third-order valence-corrected chi connectivity index (χ3v) is 2.14. The van der Waals surface area contributed by atoms with E-state index in [1.807, 2.05) is 24.0 Å². The molecule has 0 aliphatic heterocycles. The number of halogens is 1. The number of rotatable bonds is 4. The summed E-state index contributed by atoms with van der Waals surface area (Å²) in [5, 5.41) is 10.4. The van der Waals surface area contributed by atoms with E-state index in [1.165, 1.54) is 0 Å². The monoisotopic (exact) mass is 337 g/mol. The molecule has 0 saturated heterocycles. The van der Waals surface area contributed by atoms with Gasteiger partial charge in [0.05, 0.1) is 0 Å². The molecule has 5 nitrogen and oxygen atoms in total. The molecule has 0 bridgehead atoms. The highest BCUT2D eigenvalue weighted by molar-refractivity contribution is 14.0. The fourth-order valence-electron chi connectivity index (χ4n) is 1.34. The van der Waals surface area contributed by atoms with Crippen LogP contribution in [0.1, 0.15) is 6.92 Å². The Morgan fingerprint density at radius 2 is 2.31 bits per heavy atom. The van der Waals surface area contributed by atoms with Gasteiger partial charge < -0.3 is 10.6 Å². The van der Waals surface area contributed by atoms with Gasteiger partial charge in [-0.05, 0) is 12.0 Å². The van der Waals surface area contributed by atoms with Crippen LogP contribution in [0.15, 0.2) is 23.5 Å². The molecule has 0 radical (unpaired) electrons. The van der Waals surface area contributed by atoms with Crippen LogP contribution in [0.2, 0.25) is 0 Å². The molecule has 0 fully saturated rings. The molecule has 92 valence electrons. The van der Waals surface area contributed by atoms with E-state index >= 15 is 0 Å². The van der Waals surface area contributed by atoms with E-state index in [0.29, 0.717) is 5.92 Å². The molecule has 0 saturated carbocycles. The standard InChI is InChI=1S/C10H19N5.HI/c1-9(7-13-10(11-2)12-3)8-15-6-4-5-14-15;/h4-6,9H,7-8H2,1-3H3,(H2,11,12,13);1H. The zero-order chi connectivity index (χ0) is 11.1.